The van der Waals surface area contributed by atoms with E-state index >= 15 is 0 Å². The van der Waals surface area contributed by atoms with E-state index in [9.17, 15) is 5.11 Å². The van der Waals surface area contributed by atoms with Crippen LogP contribution in [0.25, 0.3) is 0 Å². The Bertz CT molecular complexity index is 529. The van der Waals surface area contributed by atoms with Gasteiger partial charge < -0.3 is 15.6 Å². The maximum Gasteiger partial charge on any atom is 0.146 e. The lowest BCUT2D eigenvalue weighted by Crippen LogP contribution is -1.92. The summed E-state index contributed by atoms with van der Waals surface area (Å²) in [5.41, 5.74) is 6.89. The number of nitrogens with two attached hydrogens (primary N) is 1. The molecule has 0 aliphatic heterocycles. The molecule has 0 aromatic heterocycles. The summed E-state index contributed by atoms with van der Waals surface area (Å²) < 4.78 is 5.64. The van der Waals surface area contributed by atoms with Crippen LogP contribution in [-0.2, 0) is 6.61 Å². The zero-order chi connectivity index (χ0) is 12.3. The second-order valence-electron chi connectivity index (χ2n) is 3.56. The van der Waals surface area contributed by atoms with Crippen LogP contribution in [0.2, 0.25) is 5.02 Å². The molecule has 0 saturated carbocycles. The number of rotatable bonds is 3. The van der Waals surface area contributed by atoms with Gasteiger partial charge in [-0.2, -0.15) is 0 Å². The maximum atomic E-state index is 9.18. The first-order valence-corrected chi connectivity index (χ1v) is 5.50. The first-order valence-electron chi connectivity index (χ1n) is 5.12. The van der Waals surface area contributed by atoms with Crippen molar-refractivity contribution in [3.05, 3.63) is 53.1 Å². The number of aliphatic hydroxyl groups is 1. The van der Waals surface area contributed by atoms with E-state index < -0.39 is 0 Å². The molecule has 0 bridgehead atoms. The number of halogens is 1. The SMILES string of the molecule is Nc1ccc(Oc2ccccc2CO)c(Cl)c1. The zero-order valence-corrected chi connectivity index (χ0v) is 9.82. The number of aliphatic hydroxyl groups excluding tert-OH is 1. The van der Waals surface area contributed by atoms with Crippen molar-refractivity contribution in [3.8, 4) is 11.5 Å². The minimum atomic E-state index is -0.0806. The van der Waals surface area contributed by atoms with Gasteiger partial charge in [-0.3, -0.25) is 0 Å². The molecular weight excluding hydrogens is 238 g/mol. The van der Waals surface area contributed by atoms with Gasteiger partial charge in [0.15, 0.2) is 0 Å². The van der Waals surface area contributed by atoms with Crippen LogP contribution in [0, 0.1) is 0 Å². The Balaban J connectivity index is 2.31. The highest BCUT2D eigenvalue weighted by molar-refractivity contribution is 6.32. The van der Waals surface area contributed by atoms with E-state index in [0.29, 0.717) is 27.8 Å². The lowest BCUT2D eigenvalue weighted by molar-refractivity contribution is 0.276. The van der Waals surface area contributed by atoms with Crippen molar-refractivity contribution in [1.29, 1.82) is 0 Å². The molecule has 2 rings (SSSR count). The van der Waals surface area contributed by atoms with Gasteiger partial charge in [0.2, 0.25) is 0 Å². The topological polar surface area (TPSA) is 55.5 Å². The third kappa shape index (κ3) is 2.70. The highest BCUT2D eigenvalue weighted by atomic mass is 35.5. The van der Waals surface area contributed by atoms with Gasteiger partial charge in [0, 0.05) is 11.3 Å². The molecule has 2 aromatic carbocycles. The number of nitrogen functional groups attached to an aromatic ring is 1. The van der Waals surface area contributed by atoms with Crippen LogP contribution < -0.4 is 10.5 Å². The third-order valence-corrected chi connectivity index (χ3v) is 2.61. The molecule has 0 heterocycles. The molecule has 3 N–H and O–H groups in total. The minimum absolute atomic E-state index is 0.0806. The van der Waals surface area contributed by atoms with Gasteiger partial charge in [0.05, 0.1) is 11.6 Å². The molecule has 0 aliphatic carbocycles. The largest absolute Gasteiger partial charge is 0.455 e. The van der Waals surface area contributed by atoms with Gasteiger partial charge in [0.1, 0.15) is 11.5 Å². The number of hydrogen-bond donors (Lipinski definition) is 2. The monoisotopic (exact) mass is 249 g/mol. The van der Waals surface area contributed by atoms with Gasteiger partial charge in [-0.15, -0.1) is 0 Å². The van der Waals surface area contributed by atoms with Crippen molar-refractivity contribution in [3.63, 3.8) is 0 Å². The van der Waals surface area contributed by atoms with E-state index in [2.05, 4.69) is 0 Å². The van der Waals surface area contributed by atoms with E-state index in [1.165, 1.54) is 0 Å². The van der Waals surface area contributed by atoms with E-state index in [1.807, 2.05) is 12.1 Å². The Morgan fingerprint density at radius 3 is 2.59 bits per heavy atom. The number of ether oxygens (including phenoxy) is 1. The molecule has 17 heavy (non-hydrogen) atoms. The van der Waals surface area contributed by atoms with Crippen molar-refractivity contribution >= 4 is 17.3 Å². The van der Waals surface area contributed by atoms with Crippen LogP contribution in [0.3, 0.4) is 0 Å². The predicted octanol–water partition coefficient (Wildman–Crippen LogP) is 3.21. The molecule has 0 fully saturated rings. The molecule has 4 heteroatoms. The van der Waals surface area contributed by atoms with Crippen LogP contribution in [0.1, 0.15) is 5.56 Å². The van der Waals surface area contributed by atoms with Gasteiger partial charge in [-0.05, 0) is 24.3 Å². The molecule has 3 nitrogen and oxygen atoms in total. The Morgan fingerprint density at radius 1 is 1.12 bits per heavy atom. The summed E-state index contributed by atoms with van der Waals surface area (Å²) in [6.07, 6.45) is 0. The summed E-state index contributed by atoms with van der Waals surface area (Å²) in [4.78, 5) is 0. The van der Waals surface area contributed by atoms with Crippen molar-refractivity contribution in [1.82, 2.24) is 0 Å². The second kappa shape index (κ2) is 5.08. The molecule has 2 aromatic rings. The molecule has 0 radical (unpaired) electrons. The van der Waals surface area contributed by atoms with E-state index in [-0.39, 0.29) is 6.61 Å². The summed E-state index contributed by atoms with van der Waals surface area (Å²) >= 11 is 6.01. The molecule has 0 unspecified atom stereocenters. The fourth-order valence-corrected chi connectivity index (χ4v) is 1.68. The quantitative estimate of drug-likeness (QED) is 0.822. The van der Waals surface area contributed by atoms with Gasteiger partial charge in [0.25, 0.3) is 0 Å². The Hall–Kier alpha value is -1.71. The van der Waals surface area contributed by atoms with E-state index in [1.54, 1.807) is 30.3 Å². The second-order valence-corrected chi connectivity index (χ2v) is 3.96. The average Bonchev–Trinajstić information content (AvgIpc) is 2.33. The van der Waals surface area contributed by atoms with Gasteiger partial charge >= 0.3 is 0 Å². The zero-order valence-electron chi connectivity index (χ0n) is 9.06. The first kappa shape index (κ1) is 11.8. The molecule has 0 saturated heterocycles. The highest BCUT2D eigenvalue weighted by Crippen LogP contribution is 2.32. The fourth-order valence-electron chi connectivity index (χ4n) is 1.45. The molecule has 0 spiro atoms. The summed E-state index contributed by atoms with van der Waals surface area (Å²) in [5.74, 6) is 1.10. The summed E-state index contributed by atoms with van der Waals surface area (Å²) in [5, 5.41) is 9.62. The molecular formula is C13H12ClNO2. The standard InChI is InChI=1S/C13H12ClNO2/c14-11-7-10(15)5-6-13(11)17-12-4-2-1-3-9(12)8-16/h1-7,16H,8,15H2. The average molecular weight is 250 g/mol. The number of para-hydroxylation sites is 1. The van der Waals surface area contributed by atoms with Crippen LogP contribution in [0.5, 0.6) is 11.5 Å². The van der Waals surface area contributed by atoms with Crippen molar-refractivity contribution in [2.75, 3.05) is 5.73 Å². The Morgan fingerprint density at radius 2 is 1.88 bits per heavy atom. The lowest BCUT2D eigenvalue weighted by Gasteiger charge is -2.11. The maximum absolute atomic E-state index is 9.18. The molecule has 0 atom stereocenters. The minimum Gasteiger partial charge on any atom is -0.455 e. The fraction of sp³-hybridized carbons (Fsp3) is 0.0769. The Labute approximate surface area is 104 Å². The highest BCUT2D eigenvalue weighted by Gasteiger charge is 2.06. The van der Waals surface area contributed by atoms with Crippen LogP contribution in [-0.4, -0.2) is 5.11 Å². The van der Waals surface area contributed by atoms with Gasteiger partial charge in [-0.1, -0.05) is 29.8 Å². The summed E-state index contributed by atoms with van der Waals surface area (Å²) in [6.45, 7) is -0.0806. The molecule has 88 valence electrons. The smallest absolute Gasteiger partial charge is 0.146 e. The Kier molecular flexibility index (Phi) is 3.52. The van der Waals surface area contributed by atoms with E-state index in [0.717, 1.165) is 0 Å². The molecule has 0 amide bonds. The lowest BCUT2D eigenvalue weighted by atomic mass is 10.2. The normalized spacial score (nSPS) is 10.2. The van der Waals surface area contributed by atoms with Crippen molar-refractivity contribution < 1.29 is 9.84 Å². The van der Waals surface area contributed by atoms with Gasteiger partial charge in [-0.25, -0.2) is 0 Å². The number of hydrogen-bond acceptors (Lipinski definition) is 3. The van der Waals surface area contributed by atoms with Crippen LogP contribution in [0.15, 0.2) is 42.5 Å². The number of benzene rings is 2. The van der Waals surface area contributed by atoms with E-state index in [4.69, 9.17) is 22.1 Å². The third-order valence-electron chi connectivity index (χ3n) is 2.32. The first-order chi connectivity index (χ1) is 8.20. The predicted molar refractivity (Wildman–Crippen MR) is 68.3 cm³/mol. The molecule has 0 aliphatic rings. The summed E-state index contributed by atoms with van der Waals surface area (Å²) in [6, 6.07) is 12.3. The van der Waals surface area contributed by atoms with Crippen molar-refractivity contribution in [2.45, 2.75) is 6.61 Å². The van der Waals surface area contributed by atoms with Crippen LogP contribution >= 0.6 is 11.6 Å². The van der Waals surface area contributed by atoms with Crippen molar-refractivity contribution in [2.24, 2.45) is 0 Å². The van der Waals surface area contributed by atoms with Crippen LogP contribution in [0.4, 0.5) is 5.69 Å². The number of anilines is 1. The summed E-state index contributed by atoms with van der Waals surface area (Å²) in [7, 11) is 0.